The minimum absolute atomic E-state index is 0.120. The molecular formula is C16H19FN2. The van der Waals surface area contributed by atoms with E-state index < -0.39 is 0 Å². The van der Waals surface area contributed by atoms with E-state index in [0.29, 0.717) is 5.56 Å². The quantitative estimate of drug-likeness (QED) is 0.652. The smallest absolute Gasteiger partial charge is 0.126 e. The van der Waals surface area contributed by atoms with Crippen molar-refractivity contribution in [3.05, 3.63) is 70.5 Å². The molecule has 19 heavy (non-hydrogen) atoms. The van der Waals surface area contributed by atoms with Crippen LogP contribution in [0.2, 0.25) is 0 Å². The van der Waals surface area contributed by atoms with E-state index in [2.05, 4.69) is 36.6 Å². The third-order valence-corrected chi connectivity index (χ3v) is 3.40. The maximum Gasteiger partial charge on any atom is 0.126 e. The highest BCUT2D eigenvalue weighted by molar-refractivity contribution is 5.35. The molecule has 0 radical (unpaired) electrons. The zero-order chi connectivity index (χ0) is 13.8. The molecule has 0 heterocycles. The third kappa shape index (κ3) is 3.00. The molecule has 0 amide bonds. The minimum Gasteiger partial charge on any atom is -0.271 e. The monoisotopic (exact) mass is 258 g/mol. The Morgan fingerprint density at radius 1 is 1.11 bits per heavy atom. The highest BCUT2D eigenvalue weighted by Gasteiger charge is 2.13. The summed E-state index contributed by atoms with van der Waals surface area (Å²) in [5.74, 6) is 5.46. The van der Waals surface area contributed by atoms with Gasteiger partial charge in [-0.2, -0.15) is 0 Å². The summed E-state index contributed by atoms with van der Waals surface area (Å²) < 4.78 is 13.3. The van der Waals surface area contributed by atoms with E-state index in [1.807, 2.05) is 6.07 Å². The molecule has 3 N–H and O–H groups in total. The van der Waals surface area contributed by atoms with Crippen LogP contribution < -0.4 is 11.3 Å². The molecule has 0 aliphatic carbocycles. The molecule has 1 atom stereocenters. The highest BCUT2D eigenvalue weighted by Crippen LogP contribution is 2.23. The van der Waals surface area contributed by atoms with Gasteiger partial charge in [-0.05, 0) is 41.7 Å². The molecule has 0 bridgehead atoms. The van der Waals surface area contributed by atoms with Crippen LogP contribution in [0.15, 0.2) is 42.5 Å². The standard InChI is InChI=1S/C16H19FN2/c1-3-12-4-6-13(7-5-12)16(19-18)14-8-9-15(17)11(2)10-14/h4-10,16,19H,3,18H2,1-2H3. The normalized spacial score (nSPS) is 12.4. The van der Waals surface area contributed by atoms with Crippen molar-refractivity contribution in [3.8, 4) is 0 Å². The lowest BCUT2D eigenvalue weighted by Gasteiger charge is -2.18. The van der Waals surface area contributed by atoms with Gasteiger partial charge in [-0.15, -0.1) is 0 Å². The van der Waals surface area contributed by atoms with E-state index in [0.717, 1.165) is 17.5 Å². The maximum atomic E-state index is 13.3. The lowest BCUT2D eigenvalue weighted by molar-refractivity contribution is 0.607. The molecule has 3 heteroatoms. The first kappa shape index (κ1) is 13.7. The largest absolute Gasteiger partial charge is 0.271 e. The number of nitrogens with two attached hydrogens (primary N) is 1. The molecule has 100 valence electrons. The summed E-state index contributed by atoms with van der Waals surface area (Å²) in [6, 6.07) is 13.3. The van der Waals surface area contributed by atoms with Crippen molar-refractivity contribution < 1.29 is 4.39 Å². The fourth-order valence-electron chi connectivity index (χ4n) is 2.18. The van der Waals surface area contributed by atoms with Gasteiger partial charge in [-0.3, -0.25) is 5.84 Å². The maximum absolute atomic E-state index is 13.3. The van der Waals surface area contributed by atoms with Gasteiger partial charge in [0.25, 0.3) is 0 Å². The Balaban J connectivity index is 2.34. The van der Waals surface area contributed by atoms with Crippen LogP contribution >= 0.6 is 0 Å². The molecule has 0 spiro atoms. The van der Waals surface area contributed by atoms with E-state index in [9.17, 15) is 4.39 Å². The van der Waals surface area contributed by atoms with Crippen molar-refractivity contribution in [2.75, 3.05) is 0 Å². The zero-order valence-corrected chi connectivity index (χ0v) is 11.3. The van der Waals surface area contributed by atoms with Crippen LogP contribution in [-0.2, 0) is 6.42 Å². The van der Waals surface area contributed by atoms with Gasteiger partial charge in [0, 0.05) is 0 Å². The summed E-state index contributed by atoms with van der Waals surface area (Å²) in [5, 5.41) is 0. The van der Waals surface area contributed by atoms with Crippen molar-refractivity contribution in [1.82, 2.24) is 5.43 Å². The molecule has 0 fully saturated rings. The van der Waals surface area contributed by atoms with Gasteiger partial charge >= 0.3 is 0 Å². The van der Waals surface area contributed by atoms with Crippen LogP contribution in [0.25, 0.3) is 0 Å². The molecule has 2 aromatic rings. The minimum atomic E-state index is -0.194. The number of halogens is 1. The summed E-state index contributed by atoms with van der Waals surface area (Å²) in [6.07, 6.45) is 1.01. The van der Waals surface area contributed by atoms with E-state index in [4.69, 9.17) is 5.84 Å². The molecule has 2 aromatic carbocycles. The van der Waals surface area contributed by atoms with E-state index in [1.54, 1.807) is 13.0 Å². The number of hydrazine groups is 1. The van der Waals surface area contributed by atoms with Crippen molar-refractivity contribution in [2.45, 2.75) is 26.3 Å². The second-order valence-electron chi connectivity index (χ2n) is 4.70. The molecule has 0 aromatic heterocycles. The van der Waals surface area contributed by atoms with Crippen LogP contribution in [0.4, 0.5) is 4.39 Å². The van der Waals surface area contributed by atoms with Crippen LogP contribution in [0.3, 0.4) is 0 Å². The Morgan fingerprint density at radius 2 is 1.74 bits per heavy atom. The second kappa shape index (κ2) is 5.95. The van der Waals surface area contributed by atoms with Crippen molar-refractivity contribution in [2.24, 2.45) is 5.84 Å². The SMILES string of the molecule is CCc1ccc(C(NN)c2ccc(F)c(C)c2)cc1. The van der Waals surface area contributed by atoms with Crippen LogP contribution in [-0.4, -0.2) is 0 Å². The lowest BCUT2D eigenvalue weighted by atomic mass is 9.96. The summed E-state index contributed by atoms with van der Waals surface area (Å²) in [6.45, 7) is 3.88. The first-order valence-corrected chi connectivity index (χ1v) is 6.46. The van der Waals surface area contributed by atoms with Gasteiger partial charge in [-0.25, -0.2) is 9.82 Å². The highest BCUT2D eigenvalue weighted by atomic mass is 19.1. The summed E-state index contributed by atoms with van der Waals surface area (Å²) in [4.78, 5) is 0. The predicted octanol–water partition coefficient (Wildman–Crippen LogP) is 3.25. The Labute approximate surface area is 113 Å². The van der Waals surface area contributed by atoms with Crippen LogP contribution in [0, 0.1) is 12.7 Å². The average Bonchev–Trinajstić information content (AvgIpc) is 2.44. The topological polar surface area (TPSA) is 38.0 Å². The van der Waals surface area contributed by atoms with Gasteiger partial charge < -0.3 is 0 Å². The molecule has 1 unspecified atom stereocenters. The van der Waals surface area contributed by atoms with Gasteiger partial charge in [-0.1, -0.05) is 43.3 Å². The van der Waals surface area contributed by atoms with Gasteiger partial charge in [0.1, 0.15) is 5.82 Å². The Kier molecular flexibility index (Phi) is 4.30. The molecule has 0 saturated heterocycles. The molecule has 0 saturated carbocycles. The number of hydrogen-bond acceptors (Lipinski definition) is 2. The van der Waals surface area contributed by atoms with Gasteiger partial charge in [0.15, 0.2) is 0 Å². The predicted molar refractivity (Wildman–Crippen MR) is 76.1 cm³/mol. The lowest BCUT2D eigenvalue weighted by Crippen LogP contribution is -2.28. The third-order valence-electron chi connectivity index (χ3n) is 3.40. The second-order valence-corrected chi connectivity index (χ2v) is 4.70. The fraction of sp³-hybridized carbons (Fsp3) is 0.250. The van der Waals surface area contributed by atoms with Gasteiger partial charge in [0.2, 0.25) is 0 Å². The number of benzene rings is 2. The first-order chi connectivity index (χ1) is 9.15. The summed E-state index contributed by atoms with van der Waals surface area (Å²) in [7, 11) is 0. The van der Waals surface area contributed by atoms with Crippen molar-refractivity contribution >= 4 is 0 Å². The number of rotatable bonds is 4. The Morgan fingerprint density at radius 3 is 2.26 bits per heavy atom. The average molecular weight is 258 g/mol. The van der Waals surface area contributed by atoms with Crippen molar-refractivity contribution in [1.29, 1.82) is 0 Å². The van der Waals surface area contributed by atoms with E-state index >= 15 is 0 Å². The van der Waals surface area contributed by atoms with Gasteiger partial charge in [0.05, 0.1) is 6.04 Å². The summed E-state index contributed by atoms with van der Waals surface area (Å²) >= 11 is 0. The zero-order valence-electron chi connectivity index (χ0n) is 11.3. The number of hydrogen-bond donors (Lipinski definition) is 2. The molecule has 2 rings (SSSR count). The Bertz CT molecular complexity index is 549. The molecule has 0 aliphatic rings. The first-order valence-electron chi connectivity index (χ1n) is 6.46. The number of nitrogens with one attached hydrogen (secondary N) is 1. The molecular weight excluding hydrogens is 239 g/mol. The van der Waals surface area contributed by atoms with E-state index in [1.165, 1.54) is 11.6 Å². The van der Waals surface area contributed by atoms with Crippen LogP contribution in [0.1, 0.15) is 35.2 Å². The van der Waals surface area contributed by atoms with Crippen LogP contribution in [0.5, 0.6) is 0 Å². The summed E-state index contributed by atoms with van der Waals surface area (Å²) in [5.41, 5.74) is 6.75. The van der Waals surface area contributed by atoms with E-state index in [-0.39, 0.29) is 11.9 Å². The molecule has 2 nitrogen and oxygen atoms in total. The fourth-order valence-corrected chi connectivity index (χ4v) is 2.18. The number of aryl methyl sites for hydroxylation is 2. The Hall–Kier alpha value is -1.71. The molecule has 0 aliphatic heterocycles. The van der Waals surface area contributed by atoms with Crippen molar-refractivity contribution in [3.63, 3.8) is 0 Å².